The third-order valence-electron chi connectivity index (χ3n) is 3.83. The molecule has 2 aromatic carbocycles. The summed E-state index contributed by atoms with van der Waals surface area (Å²) in [6.45, 7) is 4.73. The number of aryl methyl sites for hydroxylation is 1. The second kappa shape index (κ2) is 9.56. The number of hydrogen-bond acceptors (Lipinski definition) is 4. The lowest BCUT2D eigenvalue weighted by Gasteiger charge is -2.12. The van der Waals surface area contributed by atoms with E-state index in [2.05, 4.69) is 10.0 Å². The van der Waals surface area contributed by atoms with E-state index < -0.39 is 10.0 Å². The number of nitrogens with one attached hydrogen (secondary N) is 2. The minimum Gasteiger partial charge on any atom is -0.352 e. The summed E-state index contributed by atoms with van der Waals surface area (Å²) >= 11 is 0. The molecule has 1 unspecified atom stereocenters. The molecule has 4 N–H and O–H groups in total. The van der Waals surface area contributed by atoms with Gasteiger partial charge in [0.25, 0.3) is 15.9 Å². The van der Waals surface area contributed by atoms with E-state index in [-0.39, 0.29) is 29.1 Å². The average molecular weight is 398 g/mol. The predicted molar refractivity (Wildman–Crippen MR) is 106 cm³/mol. The lowest BCUT2D eigenvalue weighted by atomic mass is 10.1. The third-order valence-corrected chi connectivity index (χ3v) is 5.21. The van der Waals surface area contributed by atoms with Crippen LogP contribution in [0.2, 0.25) is 0 Å². The van der Waals surface area contributed by atoms with Gasteiger partial charge in [0, 0.05) is 12.1 Å². The normalized spacial score (nSPS) is 12.0. The summed E-state index contributed by atoms with van der Waals surface area (Å²) < 4.78 is 27.5. The van der Waals surface area contributed by atoms with Crippen molar-refractivity contribution in [2.75, 3.05) is 17.8 Å². The number of sulfonamides is 1. The minimum atomic E-state index is -3.71. The van der Waals surface area contributed by atoms with Crippen molar-refractivity contribution in [3.63, 3.8) is 0 Å². The molecule has 0 radical (unpaired) electrons. The number of hydrogen-bond donors (Lipinski definition) is 3. The maximum Gasteiger partial charge on any atom is 0.261 e. The van der Waals surface area contributed by atoms with Crippen molar-refractivity contribution < 1.29 is 13.2 Å². The van der Waals surface area contributed by atoms with Crippen LogP contribution >= 0.6 is 12.4 Å². The maximum absolute atomic E-state index is 12.5. The summed E-state index contributed by atoms with van der Waals surface area (Å²) in [5, 5.41) is 2.77. The van der Waals surface area contributed by atoms with E-state index in [0.29, 0.717) is 24.3 Å². The fraction of sp³-hybridized carbons (Fsp3) is 0.278. The number of anilines is 1. The number of halogens is 1. The van der Waals surface area contributed by atoms with Gasteiger partial charge in [-0.3, -0.25) is 9.52 Å². The Morgan fingerprint density at radius 1 is 1.12 bits per heavy atom. The van der Waals surface area contributed by atoms with Gasteiger partial charge >= 0.3 is 0 Å². The molecule has 2 rings (SSSR count). The van der Waals surface area contributed by atoms with Gasteiger partial charge in [-0.25, -0.2) is 8.42 Å². The molecule has 0 saturated heterocycles. The van der Waals surface area contributed by atoms with Crippen molar-refractivity contribution in [1.29, 1.82) is 0 Å². The van der Waals surface area contributed by atoms with Gasteiger partial charge < -0.3 is 11.1 Å². The van der Waals surface area contributed by atoms with E-state index in [1.165, 1.54) is 24.3 Å². The highest BCUT2D eigenvalue weighted by Gasteiger charge is 2.16. The van der Waals surface area contributed by atoms with Crippen LogP contribution in [-0.2, 0) is 10.0 Å². The van der Waals surface area contributed by atoms with Gasteiger partial charge in [0.05, 0.1) is 10.6 Å². The monoisotopic (exact) mass is 397 g/mol. The first kappa shape index (κ1) is 22.0. The van der Waals surface area contributed by atoms with Crippen molar-refractivity contribution in [3.8, 4) is 0 Å². The van der Waals surface area contributed by atoms with Crippen molar-refractivity contribution in [2.45, 2.75) is 18.7 Å². The van der Waals surface area contributed by atoms with Crippen LogP contribution in [0.1, 0.15) is 22.8 Å². The highest BCUT2D eigenvalue weighted by molar-refractivity contribution is 7.92. The summed E-state index contributed by atoms with van der Waals surface area (Å²) in [5.41, 5.74) is 7.27. The highest BCUT2D eigenvalue weighted by Crippen LogP contribution is 2.19. The average Bonchev–Trinajstić information content (AvgIpc) is 2.61. The van der Waals surface area contributed by atoms with E-state index in [4.69, 9.17) is 5.73 Å². The molecule has 0 saturated carbocycles. The van der Waals surface area contributed by atoms with Gasteiger partial charge in [0.15, 0.2) is 0 Å². The second-order valence-corrected chi connectivity index (χ2v) is 7.68. The number of amides is 1. The molecule has 6 nitrogen and oxygen atoms in total. The van der Waals surface area contributed by atoms with Crippen molar-refractivity contribution in [1.82, 2.24) is 5.32 Å². The first-order valence-corrected chi connectivity index (χ1v) is 9.48. The van der Waals surface area contributed by atoms with E-state index >= 15 is 0 Å². The van der Waals surface area contributed by atoms with Crippen LogP contribution in [0.25, 0.3) is 0 Å². The Kier molecular flexibility index (Phi) is 8.08. The van der Waals surface area contributed by atoms with Crippen LogP contribution < -0.4 is 15.8 Å². The molecule has 0 aliphatic carbocycles. The number of rotatable bonds is 7. The van der Waals surface area contributed by atoms with Crippen molar-refractivity contribution in [2.24, 2.45) is 11.7 Å². The van der Waals surface area contributed by atoms with Gasteiger partial charge in [0.2, 0.25) is 0 Å². The SMILES string of the molecule is Cc1ccccc1NS(=O)(=O)c1ccc(C(=O)NCC(C)CN)cc1.Cl. The van der Waals surface area contributed by atoms with Crippen molar-refractivity contribution in [3.05, 3.63) is 59.7 Å². The second-order valence-electron chi connectivity index (χ2n) is 6.00. The minimum absolute atomic E-state index is 0. The smallest absolute Gasteiger partial charge is 0.261 e. The van der Waals surface area contributed by atoms with Crippen LogP contribution in [0.4, 0.5) is 5.69 Å². The van der Waals surface area contributed by atoms with Gasteiger partial charge in [0.1, 0.15) is 0 Å². The topological polar surface area (TPSA) is 101 Å². The lowest BCUT2D eigenvalue weighted by Crippen LogP contribution is -2.31. The molecule has 0 fully saturated rings. The number of carbonyl (C=O) groups is 1. The summed E-state index contributed by atoms with van der Waals surface area (Å²) in [4.78, 5) is 12.1. The molecule has 0 spiro atoms. The zero-order valence-corrected chi connectivity index (χ0v) is 16.4. The molecule has 2 aromatic rings. The Morgan fingerprint density at radius 2 is 1.73 bits per heavy atom. The summed E-state index contributed by atoms with van der Waals surface area (Å²) in [6.07, 6.45) is 0. The Morgan fingerprint density at radius 3 is 2.31 bits per heavy atom. The van der Waals surface area contributed by atoms with Gasteiger partial charge in [-0.15, -0.1) is 12.4 Å². The summed E-state index contributed by atoms with van der Waals surface area (Å²) in [6, 6.07) is 13.0. The van der Waals surface area contributed by atoms with Crippen molar-refractivity contribution >= 4 is 34.0 Å². The molecule has 26 heavy (non-hydrogen) atoms. The standard InChI is InChI=1S/C18H23N3O3S.ClH/c1-13(11-19)12-20-18(22)15-7-9-16(10-8-15)25(23,24)21-17-6-4-3-5-14(17)2;/h3-10,13,21H,11-12,19H2,1-2H3,(H,20,22);1H. The number of carbonyl (C=O) groups excluding carboxylic acids is 1. The Balaban J connectivity index is 0.00000338. The fourth-order valence-corrected chi connectivity index (χ4v) is 3.26. The molecular formula is C18H24ClN3O3S. The number of benzene rings is 2. The fourth-order valence-electron chi connectivity index (χ4n) is 2.13. The largest absolute Gasteiger partial charge is 0.352 e. The first-order chi connectivity index (χ1) is 11.8. The highest BCUT2D eigenvalue weighted by atomic mass is 35.5. The quantitative estimate of drug-likeness (QED) is 0.668. The molecular weight excluding hydrogens is 374 g/mol. The number of nitrogens with two attached hydrogens (primary N) is 1. The third kappa shape index (κ3) is 5.72. The lowest BCUT2D eigenvalue weighted by molar-refractivity contribution is 0.0948. The molecule has 1 atom stereocenters. The van der Waals surface area contributed by atoms with Crippen LogP contribution in [-0.4, -0.2) is 27.4 Å². The molecule has 0 bridgehead atoms. The van der Waals surface area contributed by atoms with E-state index in [1.807, 2.05) is 26.0 Å². The maximum atomic E-state index is 12.5. The zero-order chi connectivity index (χ0) is 18.4. The van der Waals surface area contributed by atoms with Crippen LogP contribution in [0.3, 0.4) is 0 Å². The Labute approximate surface area is 160 Å². The molecule has 8 heteroatoms. The molecule has 0 aromatic heterocycles. The predicted octanol–water partition coefficient (Wildman–Crippen LogP) is 2.54. The summed E-state index contributed by atoms with van der Waals surface area (Å²) in [5.74, 6) is -0.0713. The van der Waals surface area contributed by atoms with E-state index in [9.17, 15) is 13.2 Å². The summed E-state index contributed by atoms with van der Waals surface area (Å²) in [7, 11) is -3.71. The zero-order valence-electron chi connectivity index (χ0n) is 14.7. The van der Waals surface area contributed by atoms with E-state index in [1.54, 1.807) is 12.1 Å². The van der Waals surface area contributed by atoms with Crippen LogP contribution in [0.15, 0.2) is 53.4 Å². The van der Waals surface area contributed by atoms with E-state index in [0.717, 1.165) is 5.56 Å². The molecule has 0 aliphatic heterocycles. The van der Waals surface area contributed by atoms with Gasteiger partial charge in [-0.1, -0.05) is 25.1 Å². The first-order valence-electron chi connectivity index (χ1n) is 8.00. The van der Waals surface area contributed by atoms with Gasteiger partial charge in [-0.05, 0) is 55.3 Å². The Bertz CT molecular complexity index is 839. The van der Waals surface area contributed by atoms with Gasteiger partial charge in [-0.2, -0.15) is 0 Å². The number of para-hydroxylation sites is 1. The van der Waals surface area contributed by atoms with Crippen LogP contribution in [0.5, 0.6) is 0 Å². The van der Waals surface area contributed by atoms with Crippen LogP contribution in [0, 0.1) is 12.8 Å². The Hall–Kier alpha value is -2.09. The molecule has 0 heterocycles. The molecule has 0 aliphatic rings. The molecule has 142 valence electrons. The molecule has 1 amide bonds.